The first-order valence-corrected chi connectivity index (χ1v) is 5.28. The molecule has 1 aromatic carbocycles. The fourth-order valence-electron chi connectivity index (χ4n) is 1.77. The first kappa shape index (κ1) is 9.03. The van der Waals surface area contributed by atoms with Gasteiger partial charge in [0.25, 0.3) is 0 Å². The third kappa shape index (κ3) is 2.03. The number of halogens is 1. The van der Waals surface area contributed by atoms with Gasteiger partial charge in [0.05, 0.1) is 0 Å². The number of nitrogens with one attached hydrogen (secondary N) is 1. The summed E-state index contributed by atoms with van der Waals surface area (Å²) in [5, 5.41) is 12.8. The standard InChI is InChI=1S/C10H12BrNO/c11-8-4-7(5-9(13)6-8)10-2-1-3-12-10/h4-6,10,12-13H,1-3H2. The van der Waals surface area contributed by atoms with Gasteiger partial charge in [-0.2, -0.15) is 0 Å². The van der Waals surface area contributed by atoms with Gasteiger partial charge in [-0.3, -0.25) is 0 Å². The van der Waals surface area contributed by atoms with E-state index in [9.17, 15) is 5.11 Å². The molecule has 3 heteroatoms. The van der Waals surface area contributed by atoms with Crippen molar-refractivity contribution >= 4 is 15.9 Å². The summed E-state index contributed by atoms with van der Waals surface area (Å²) >= 11 is 3.37. The molecule has 1 aromatic rings. The van der Waals surface area contributed by atoms with E-state index in [4.69, 9.17) is 0 Å². The maximum Gasteiger partial charge on any atom is 0.117 e. The maximum absolute atomic E-state index is 9.40. The molecular weight excluding hydrogens is 230 g/mol. The van der Waals surface area contributed by atoms with Crippen LogP contribution < -0.4 is 5.32 Å². The van der Waals surface area contributed by atoms with E-state index in [1.54, 1.807) is 6.07 Å². The van der Waals surface area contributed by atoms with Crippen LogP contribution >= 0.6 is 15.9 Å². The van der Waals surface area contributed by atoms with E-state index in [1.807, 2.05) is 6.07 Å². The van der Waals surface area contributed by atoms with Crippen LogP contribution in [0.25, 0.3) is 0 Å². The second kappa shape index (κ2) is 3.68. The molecule has 1 fully saturated rings. The van der Waals surface area contributed by atoms with Crippen molar-refractivity contribution in [1.82, 2.24) is 5.32 Å². The molecule has 0 aromatic heterocycles. The molecule has 0 bridgehead atoms. The van der Waals surface area contributed by atoms with Crippen molar-refractivity contribution in [3.05, 3.63) is 28.2 Å². The zero-order chi connectivity index (χ0) is 9.26. The molecule has 1 atom stereocenters. The van der Waals surface area contributed by atoms with Crippen LogP contribution in [0.3, 0.4) is 0 Å². The Morgan fingerprint density at radius 3 is 2.85 bits per heavy atom. The third-order valence-corrected chi connectivity index (χ3v) is 2.83. The highest BCUT2D eigenvalue weighted by atomic mass is 79.9. The number of rotatable bonds is 1. The second-order valence-corrected chi connectivity index (χ2v) is 4.31. The molecule has 1 unspecified atom stereocenters. The Morgan fingerprint density at radius 1 is 1.38 bits per heavy atom. The van der Waals surface area contributed by atoms with Gasteiger partial charge in [0, 0.05) is 10.5 Å². The average molecular weight is 242 g/mol. The lowest BCUT2D eigenvalue weighted by Gasteiger charge is -2.11. The van der Waals surface area contributed by atoms with Crippen LogP contribution in [0.4, 0.5) is 0 Å². The Morgan fingerprint density at radius 2 is 2.23 bits per heavy atom. The summed E-state index contributed by atoms with van der Waals surface area (Å²) in [5.74, 6) is 0.332. The molecule has 2 rings (SSSR count). The van der Waals surface area contributed by atoms with E-state index in [0.29, 0.717) is 11.8 Å². The molecule has 1 aliphatic rings. The van der Waals surface area contributed by atoms with Crippen LogP contribution in [-0.4, -0.2) is 11.7 Å². The van der Waals surface area contributed by atoms with E-state index in [2.05, 4.69) is 27.3 Å². The predicted molar refractivity (Wildman–Crippen MR) is 55.8 cm³/mol. The van der Waals surface area contributed by atoms with Crippen molar-refractivity contribution < 1.29 is 5.11 Å². The minimum absolute atomic E-state index is 0.332. The van der Waals surface area contributed by atoms with Crippen LogP contribution in [0.5, 0.6) is 5.75 Å². The number of phenolic OH excluding ortho intramolecular Hbond substituents is 1. The zero-order valence-corrected chi connectivity index (χ0v) is 8.84. The van der Waals surface area contributed by atoms with Crippen molar-refractivity contribution in [2.24, 2.45) is 0 Å². The Balaban J connectivity index is 2.28. The number of aromatic hydroxyl groups is 1. The molecule has 0 amide bonds. The molecular formula is C10H12BrNO. The molecule has 1 aliphatic heterocycles. The molecule has 13 heavy (non-hydrogen) atoms. The van der Waals surface area contributed by atoms with Crippen molar-refractivity contribution in [2.75, 3.05) is 6.54 Å². The van der Waals surface area contributed by atoms with Gasteiger partial charge in [0.15, 0.2) is 0 Å². The molecule has 2 N–H and O–H groups in total. The number of hydrogen-bond donors (Lipinski definition) is 2. The summed E-state index contributed by atoms with van der Waals surface area (Å²) in [5.41, 5.74) is 1.17. The van der Waals surface area contributed by atoms with E-state index >= 15 is 0 Å². The molecule has 2 nitrogen and oxygen atoms in total. The quantitative estimate of drug-likeness (QED) is 0.793. The summed E-state index contributed by atoms with van der Waals surface area (Å²) in [6.07, 6.45) is 2.38. The van der Waals surface area contributed by atoms with Gasteiger partial charge in [0.2, 0.25) is 0 Å². The average Bonchev–Trinajstić information content (AvgIpc) is 2.53. The monoisotopic (exact) mass is 241 g/mol. The van der Waals surface area contributed by atoms with Gasteiger partial charge in [-0.15, -0.1) is 0 Å². The summed E-state index contributed by atoms with van der Waals surface area (Å²) in [7, 11) is 0. The van der Waals surface area contributed by atoms with Crippen molar-refractivity contribution in [1.29, 1.82) is 0 Å². The van der Waals surface area contributed by atoms with Gasteiger partial charge < -0.3 is 10.4 Å². The number of benzene rings is 1. The topological polar surface area (TPSA) is 32.3 Å². The smallest absolute Gasteiger partial charge is 0.117 e. The fourth-order valence-corrected chi connectivity index (χ4v) is 2.27. The Labute approximate surface area is 86.1 Å². The summed E-state index contributed by atoms with van der Waals surface area (Å²) < 4.78 is 0.941. The van der Waals surface area contributed by atoms with Gasteiger partial charge in [-0.25, -0.2) is 0 Å². The van der Waals surface area contributed by atoms with Crippen molar-refractivity contribution in [3.63, 3.8) is 0 Å². The van der Waals surface area contributed by atoms with Crippen LogP contribution in [0.15, 0.2) is 22.7 Å². The maximum atomic E-state index is 9.40. The molecule has 0 aliphatic carbocycles. The zero-order valence-electron chi connectivity index (χ0n) is 7.26. The predicted octanol–water partition coefficient (Wildman–Crippen LogP) is 2.58. The molecule has 0 radical (unpaired) electrons. The largest absolute Gasteiger partial charge is 0.508 e. The molecule has 0 saturated carbocycles. The van der Waals surface area contributed by atoms with Crippen LogP contribution in [0.1, 0.15) is 24.4 Å². The number of hydrogen-bond acceptors (Lipinski definition) is 2. The van der Waals surface area contributed by atoms with Crippen LogP contribution in [-0.2, 0) is 0 Å². The molecule has 1 saturated heterocycles. The van der Waals surface area contributed by atoms with E-state index in [0.717, 1.165) is 17.4 Å². The number of phenols is 1. The first-order chi connectivity index (χ1) is 6.25. The summed E-state index contributed by atoms with van der Waals surface area (Å²) in [6.45, 7) is 1.08. The minimum atomic E-state index is 0.332. The minimum Gasteiger partial charge on any atom is -0.508 e. The normalized spacial score (nSPS) is 22.1. The lowest BCUT2D eigenvalue weighted by atomic mass is 10.1. The van der Waals surface area contributed by atoms with Crippen LogP contribution in [0.2, 0.25) is 0 Å². The summed E-state index contributed by atoms with van der Waals surface area (Å²) in [4.78, 5) is 0. The molecule has 0 spiro atoms. The van der Waals surface area contributed by atoms with E-state index < -0.39 is 0 Å². The lowest BCUT2D eigenvalue weighted by molar-refractivity contribution is 0.472. The van der Waals surface area contributed by atoms with Crippen molar-refractivity contribution in [2.45, 2.75) is 18.9 Å². The fraction of sp³-hybridized carbons (Fsp3) is 0.400. The molecule has 70 valence electrons. The van der Waals surface area contributed by atoms with E-state index in [1.165, 1.54) is 12.0 Å². The Kier molecular flexibility index (Phi) is 2.56. The lowest BCUT2D eigenvalue weighted by Crippen LogP contribution is -2.12. The van der Waals surface area contributed by atoms with Gasteiger partial charge in [-0.1, -0.05) is 15.9 Å². The second-order valence-electron chi connectivity index (χ2n) is 3.39. The summed E-state index contributed by atoms with van der Waals surface area (Å²) in [6, 6.07) is 6.01. The Hall–Kier alpha value is -0.540. The molecule has 1 heterocycles. The Bertz CT molecular complexity index is 288. The third-order valence-electron chi connectivity index (χ3n) is 2.37. The SMILES string of the molecule is Oc1cc(Br)cc(C2CCCN2)c1. The van der Waals surface area contributed by atoms with Crippen molar-refractivity contribution in [3.8, 4) is 5.75 Å². The van der Waals surface area contributed by atoms with Gasteiger partial charge in [0.1, 0.15) is 5.75 Å². The highest BCUT2D eigenvalue weighted by Crippen LogP contribution is 2.28. The highest BCUT2D eigenvalue weighted by Gasteiger charge is 2.16. The van der Waals surface area contributed by atoms with Crippen LogP contribution in [0, 0.1) is 0 Å². The van der Waals surface area contributed by atoms with E-state index in [-0.39, 0.29) is 0 Å². The first-order valence-electron chi connectivity index (χ1n) is 4.48. The highest BCUT2D eigenvalue weighted by molar-refractivity contribution is 9.10. The van der Waals surface area contributed by atoms with Gasteiger partial charge in [-0.05, 0) is 43.1 Å². The van der Waals surface area contributed by atoms with Gasteiger partial charge >= 0.3 is 0 Å².